The van der Waals surface area contributed by atoms with E-state index in [9.17, 15) is 0 Å². The van der Waals surface area contributed by atoms with Gasteiger partial charge in [-0.1, -0.05) is 6.07 Å². The van der Waals surface area contributed by atoms with Crippen molar-refractivity contribution in [1.82, 2.24) is 10.3 Å². The molecule has 1 aromatic rings. The Morgan fingerprint density at radius 3 is 2.84 bits per heavy atom. The molecule has 0 unspecified atom stereocenters. The molecule has 0 bridgehead atoms. The van der Waals surface area contributed by atoms with Gasteiger partial charge in [-0.05, 0) is 19.9 Å². The Bertz CT molecular complexity index is 345. The van der Waals surface area contributed by atoms with Crippen LogP contribution in [0.1, 0.15) is 19.4 Å². The number of hydrogen-bond acceptors (Lipinski definition) is 5. The predicted molar refractivity (Wildman–Crippen MR) is 74.4 cm³/mol. The highest BCUT2D eigenvalue weighted by Gasteiger charge is 2.05. The minimum Gasteiger partial charge on any atom is -0.475 e. The third-order valence-electron chi connectivity index (χ3n) is 2.37. The zero-order valence-corrected chi connectivity index (χ0v) is 12.0. The first-order chi connectivity index (χ1) is 9.24. The highest BCUT2D eigenvalue weighted by atomic mass is 16.5. The highest BCUT2D eigenvalue weighted by Crippen LogP contribution is 2.15. The van der Waals surface area contributed by atoms with Crippen molar-refractivity contribution in [2.24, 2.45) is 0 Å². The molecule has 0 spiro atoms. The lowest BCUT2D eigenvalue weighted by molar-refractivity contribution is 0.0718. The molecule has 1 N–H and O–H groups in total. The van der Waals surface area contributed by atoms with E-state index >= 15 is 0 Å². The Kier molecular flexibility index (Phi) is 8.13. The van der Waals surface area contributed by atoms with Crippen LogP contribution in [-0.2, 0) is 16.0 Å². The predicted octanol–water partition coefficient (Wildman–Crippen LogP) is 1.62. The van der Waals surface area contributed by atoms with Gasteiger partial charge in [0.25, 0.3) is 0 Å². The fourth-order valence-electron chi connectivity index (χ4n) is 1.50. The van der Waals surface area contributed by atoms with Gasteiger partial charge in [-0.3, -0.25) is 0 Å². The molecule has 5 nitrogen and oxygen atoms in total. The van der Waals surface area contributed by atoms with Gasteiger partial charge in [-0.2, -0.15) is 0 Å². The summed E-state index contributed by atoms with van der Waals surface area (Å²) in [6.45, 7) is 7.44. The largest absolute Gasteiger partial charge is 0.475 e. The standard InChI is InChI=1S/C14H24N2O3/c1-12(2)19-14-13(5-4-6-16-14)11-15-7-8-18-10-9-17-3/h4-6,12,15H,7-11H2,1-3H3. The molecule has 1 aromatic heterocycles. The van der Waals surface area contributed by atoms with Crippen molar-refractivity contribution in [3.63, 3.8) is 0 Å². The number of nitrogens with zero attached hydrogens (tertiary/aromatic N) is 1. The maximum absolute atomic E-state index is 5.66. The van der Waals surface area contributed by atoms with Crippen molar-refractivity contribution >= 4 is 0 Å². The van der Waals surface area contributed by atoms with Crippen molar-refractivity contribution in [1.29, 1.82) is 0 Å². The molecule has 0 aliphatic heterocycles. The van der Waals surface area contributed by atoms with Crippen LogP contribution in [0, 0.1) is 0 Å². The summed E-state index contributed by atoms with van der Waals surface area (Å²) >= 11 is 0. The van der Waals surface area contributed by atoms with E-state index in [4.69, 9.17) is 14.2 Å². The molecule has 0 aromatic carbocycles. The Morgan fingerprint density at radius 1 is 1.26 bits per heavy atom. The van der Waals surface area contributed by atoms with Crippen LogP contribution in [0.4, 0.5) is 0 Å². The molecule has 0 fully saturated rings. The van der Waals surface area contributed by atoms with E-state index in [1.807, 2.05) is 26.0 Å². The molecule has 5 heteroatoms. The van der Waals surface area contributed by atoms with Gasteiger partial charge in [0.2, 0.25) is 5.88 Å². The van der Waals surface area contributed by atoms with Gasteiger partial charge >= 0.3 is 0 Å². The second-order valence-electron chi connectivity index (χ2n) is 4.42. The highest BCUT2D eigenvalue weighted by molar-refractivity contribution is 5.25. The summed E-state index contributed by atoms with van der Waals surface area (Å²) in [5, 5.41) is 3.31. The monoisotopic (exact) mass is 268 g/mol. The fraction of sp³-hybridized carbons (Fsp3) is 0.643. The number of methoxy groups -OCH3 is 1. The third kappa shape index (κ3) is 7.10. The first kappa shape index (κ1) is 15.9. The summed E-state index contributed by atoms with van der Waals surface area (Å²) in [7, 11) is 1.67. The van der Waals surface area contributed by atoms with E-state index in [0.29, 0.717) is 25.7 Å². The molecule has 19 heavy (non-hydrogen) atoms. The lowest BCUT2D eigenvalue weighted by Gasteiger charge is -2.13. The molecular formula is C14H24N2O3. The first-order valence-electron chi connectivity index (χ1n) is 6.62. The fourth-order valence-corrected chi connectivity index (χ4v) is 1.50. The summed E-state index contributed by atoms with van der Waals surface area (Å²) in [6, 6.07) is 3.93. The maximum Gasteiger partial charge on any atom is 0.218 e. The topological polar surface area (TPSA) is 52.6 Å². The van der Waals surface area contributed by atoms with Crippen molar-refractivity contribution in [3.8, 4) is 5.88 Å². The third-order valence-corrected chi connectivity index (χ3v) is 2.37. The van der Waals surface area contributed by atoms with Crippen molar-refractivity contribution in [2.75, 3.05) is 33.5 Å². The maximum atomic E-state index is 5.66. The molecule has 1 rings (SSSR count). The quantitative estimate of drug-likeness (QED) is 0.654. The lowest BCUT2D eigenvalue weighted by Crippen LogP contribution is -2.21. The molecular weight excluding hydrogens is 244 g/mol. The molecule has 0 amide bonds. The molecule has 108 valence electrons. The SMILES string of the molecule is COCCOCCNCc1cccnc1OC(C)C. The summed E-state index contributed by atoms with van der Waals surface area (Å²) < 4.78 is 15.9. The summed E-state index contributed by atoms with van der Waals surface area (Å²) in [5.41, 5.74) is 1.06. The lowest BCUT2D eigenvalue weighted by atomic mass is 10.2. The van der Waals surface area contributed by atoms with Crippen LogP contribution in [-0.4, -0.2) is 44.6 Å². The number of pyridine rings is 1. The van der Waals surface area contributed by atoms with E-state index in [2.05, 4.69) is 10.3 Å². The van der Waals surface area contributed by atoms with Crippen molar-refractivity contribution < 1.29 is 14.2 Å². The minimum absolute atomic E-state index is 0.131. The van der Waals surface area contributed by atoms with Gasteiger partial charge in [-0.15, -0.1) is 0 Å². The van der Waals surface area contributed by atoms with Crippen LogP contribution >= 0.6 is 0 Å². The smallest absolute Gasteiger partial charge is 0.218 e. The van der Waals surface area contributed by atoms with Crippen LogP contribution < -0.4 is 10.1 Å². The molecule has 0 saturated heterocycles. The van der Waals surface area contributed by atoms with Gasteiger partial charge < -0.3 is 19.5 Å². The molecule has 0 aliphatic carbocycles. The van der Waals surface area contributed by atoms with Crippen LogP contribution in [0.2, 0.25) is 0 Å². The molecule has 0 atom stereocenters. The molecule has 0 saturated carbocycles. The number of hydrogen-bond donors (Lipinski definition) is 1. The van der Waals surface area contributed by atoms with E-state index in [-0.39, 0.29) is 6.10 Å². The van der Waals surface area contributed by atoms with Crippen LogP contribution in [0.25, 0.3) is 0 Å². The molecule has 0 aliphatic rings. The van der Waals surface area contributed by atoms with Gasteiger partial charge in [0.05, 0.1) is 25.9 Å². The number of rotatable bonds is 10. The first-order valence-corrected chi connectivity index (χ1v) is 6.62. The van der Waals surface area contributed by atoms with Gasteiger partial charge in [0.1, 0.15) is 0 Å². The van der Waals surface area contributed by atoms with Crippen LogP contribution in [0.3, 0.4) is 0 Å². The van der Waals surface area contributed by atoms with Gasteiger partial charge in [0, 0.05) is 32.0 Å². The van der Waals surface area contributed by atoms with E-state index in [1.165, 1.54) is 0 Å². The summed E-state index contributed by atoms with van der Waals surface area (Å²) in [6.07, 6.45) is 1.88. The number of aromatic nitrogens is 1. The summed E-state index contributed by atoms with van der Waals surface area (Å²) in [5.74, 6) is 0.699. The van der Waals surface area contributed by atoms with E-state index in [1.54, 1.807) is 13.3 Å². The van der Waals surface area contributed by atoms with Gasteiger partial charge in [-0.25, -0.2) is 4.98 Å². The van der Waals surface area contributed by atoms with Crippen molar-refractivity contribution in [2.45, 2.75) is 26.5 Å². The van der Waals surface area contributed by atoms with Gasteiger partial charge in [0.15, 0.2) is 0 Å². The zero-order chi connectivity index (χ0) is 13.9. The average molecular weight is 268 g/mol. The molecule has 0 radical (unpaired) electrons. The second-order valence-corrected chi connectivity index (χ2v) is 4.42. The van der Waals surface area contributed by atoms with Crippen molar-refractivity contribution in [3.05, 3.63) is 23.9 Å². The van der Waals surface area contributed by atoms with E-state index < -0.39 is 0 Å². The van der Waals surface area contributed by atoms with E-state index in [0.717, 1.165) is 18.7 Å². The second kappa shape index (κ2) is 9.72. The number of nitrogens with one attached hydrogen (secondary N) is 1. The average Bonchev–Trinajstić information content (AvgIpc) is 2.39. The molecule has 1 heterocycles. The Hall–Kier alpha value is -1.17. The minimum atomic E-state index is 0.131. The Morgan fingerprint density at radius 2 is 2.11 bits per heavy atom. The van der Waals surface area contributed by atoms with Crippen LogP contribution in [0.15, 0.2) is 18.3 Å². The zero-order valence-electron chi connectivity index (χ0n) is 12.0. The normalized spacial score (nSPS) is 10.9. The van der Waals surface area contributed by atoms with Crippen LogP contribution in [0.5, 0.6) is 5.88 Å². The number of ether oxygens (including phenoxy) is 3. The summed E-state index contributed by atoms with van der Waals surface area (Å²) in [4.78, 5) is 4.25. The Balaban J connectivity index is 2.25. The Labute approximate surface area is 115 Å².